The highest BCUT2D eigenvalue weighted by Gasteiger charge is 2.33. The molecule has 2 rings (SSSR count). The summed E-state index contributed by atoms with van der Waals surface area (Å²) in [6.45, 7) is 5.27. The number of hydrogen-bond acceptors (Lipinski definition) is 2. The quantitative estimate of drug-likeness (QED) is 0.887. The van der Waals surface area contributed by atoms with E-state index in [0.717, 1.165) is 26.1 Å². The minimum absolute atomic E-state index is 0.186. The fourth-order valence-electron chi connectivity index (χ4n) is 2.74. The molecule has 1 aliphatic heterocycles. The second-order valence-electron chi connectivity index (χ2n) is 5.50. The van der Waals surface area contributed by atoms with Crippen molar-refractivity contribution in [3.8, 4) is 0 Å². The van der Waals surface area contributed by atoms with Crippen molar-refractivity contribution in [3.05, 3.63) is 35.4 Å². The molecule has 1 unspecified atom stereocenters. The summed E-state index contributed by atoms with van der Waals surface area (Å²) in [5.41, 5.74) is 0.391. The van der Waals surface area contributed by atoms with E-state index in [1.165, 1.54) is 18.2 Å². The van der Waals surface area contributed by atoms with Crippen LogP contribution >= 0.6 is 0 Å². The third-order valence-corrected chi connectivity index (χ3v) is 3.68. The van der Waals surface area contributed by atoms with Crippen LogP contribution in [0.1, 0.15) is 18.9 Å². The first kappa shape index (κ1) is 13.4. The molecule has 0 spiro atoms. The maximum absolute atomic E-state index is 13.6. The van der Waals surface area contributed by atoms with Crippen LogP contribution in [0.5, 0.6) is 0 Å². The summed E-state index contributed by atoms with van der Waals surface area (Å²) in [5, 5.41) is 3.18. The highest BCUT2D eigenvalue weighted by Crippen LogP contribution is 2.30. The molecule has 100 valence electrons. The van der Waals surface area contributed by atoms with Gasteiger partial charge in [0, 0.05) is 25.2 Å². The predicted octanol–water partition coefficient (Wildman–Crippen LogP) is 2.40. The zero-order chi connectivity index (χ0) is 13.2. The summed E-state index contributed by atoms with van der Waals surface area (Å²) in [4.78, 5) is 2.12. The molecule has 0 amide bonds. The van der Waals surface area contributed by atoms with Crippen molar-refractivity contribution in [2.75, 3.05) is 26.7 Å². The van der Waals surface area contributed by atoms with E-state index < -0.39 is 11.6 Å². The Balaban J connectivity index is 2.04. The van der Waals surface area contributed by atoms with E-state index >= 15 is 0 Å². The third-order valence-electron chi connectivity index (χ3n) is 3.68. The minimum Gasteiger partial charge on any atom is -0.319 e. The van der Waals surface area contributed by atoms with E-state index in [1.807, 2.05) is 7.05 Å². The second kappa shape index (κ2) is 5.33. The molecule has 1 aromatic carbocycles. The van der Waals surface area contributed by atoms with Gasteiger partial charge in [0.1, 0.15) is 11.6 Å². The Morgan fingerprint density at radius 1 is 1.33 bits per heavy atom. The molecule has 0 saturated carbocycles. The van der Waals surface area contributed by atoms with Crippen LogP contribution in [0.25, 0.3) is 0 Å². The van der Waals surface area contributed by atoms with Crippen molar-refractivity contribution in [1.82, 2.24) is 10.2 Å². The summed E-state index contributed by atoms with van der Waals surface area (Å²) in [5.74, 6) is -0.894. The third kappa shape index (κ3) is 2.87. The molecule has 1 atom stereocenters. The van der Waals surface area contributed by atoms with Crippen molar-refractivity contribution >= 4 is 0 Å². The number of hydrogen-bond donors (Lipinski definition) is 1. The number of likely N-dealkylation sites (tertiary alicyclic amines) is 1. The van der Waals surface area contributed by atoms with E-state index in [0.29, 0.717) is 6.54 Å². The molecular formula is C14H20F2N2. The highest BCUT2D eigenvalue weighted by atomic mass is 19.1. The van der Waals surface area contributed by atoms with E-state index in [2.05, 4.69) is 17.1 Å². The summed E-state index contributed by atoms with van der Waals surface area (Å²) < 4.78 is 27.1. The van der Waals surface area contributed by atoms with Crippen LogP contribution in [-0.2, 0) is 6.54 Å². The average Bonchev–Trinajstić information content (AvgIpc) is 2.66. The van der Waals surface area contributed by atoms with Crippen molar-refractivity contribution in [2.45, 2.75) is 19.9 Å². The molecule has 1 saturated heterocycles. The SMILES string of the molecule is CNCC1(C)CCN(Cc2c(F)cccc2F)C1. The first-order valence-electron chi connectivity index (χ1n) is 6.34. The highest BCUT2D eigenvalue weighted by molar-refractivity contribution is 5.19. The van der Waals surface area contributed by atoms with Gasteiger partial charge in [-0.25, -0.2) is 8.78 Å². The second-order valence-corrected chi connectivity index (χ2v) is 5.50. The standard InChI is InChI=1S/C14H20F2N2/c1-14(9-17-2)6-7-18(10-14)8-11-12(15)4-3-5-13(11)16/h3-5,17H,6-10H2,1-2H3. The molecule has 1 fully saturated rings. The molecule has 1 aromatic rings. The molecule has 1 aliphatic rings. The Morgan fingerprint density at radius 2 is 2.00 bits per heavy atom. The fraction of sp³-hybridized carbons (Fsp3) is 0.571. The van der Waals surface area contributed by atoms with E-state index in [9.17, 15) is 8.78 Å². The van der Waals surface area contributed by atoms with E-state index in [4.69, 9.17) is 0 Å². The molecule has 4 heteroatoms. The molecule has 0 aromatic heterocycles. The summed E-state index contributed by atoms with van der Waals surface area (Å²) in [7, 11) is 1.93. The van der Waals surface area contributed by atoms with Crippen LogP contribution in [0, 0.1) is 17.0 Å². The van der Waals surface area contributed by atoms with E-state index in [-0.39, 0.29) is 11.0 Å². The molecule has 0 radical (unpaired) electrons. The van der Waals surface area contributed by atoms with Gasteiger partial charge < -0.3 is 5.32 Å². The Labute approximate surface area is 107 Å². The van der Waals surface area contributed by atoms with Crippen LogP contribution in [0.4, 0.5) is 8.78 Å². The minimum atomic E-state index is -0.447. The monoisotopic (exact) mass is 254 g/mol. The summed E-state index contributed by atoms with van der Waals surface area (Å²) in [6, 6.07) is 4.05. The Kier molecular flexibility index (Phi) is 3.97. The van der Waals surface area contributed by atoms with Gasteiger partial charge in [-0.15, -0.1) is 0 Å². The van der Waals surface area contributed by atoms with Crippen LogP contribution < -0.4 is 5.32 Å². The number of nitrogens with zero attached hydrogens (tertiary/aromatic N) is 1. The van der Waals surface area contributed by atoms with Gasteiger partial charge in [0.05, 0.1) is 0 Å². The smallest absolute Gasteiger partial charge is 0.130 e. The molecule has 1 N–H and O–H groups in total. The molecular weight excluding hydrogens is 234 g/mol. The van der Waals surface area contributed by atoms with Gasteiger partial charge in [0.25, 0.3) is 0 Å². The largest absolute Gasteiger partial charge is 0.319 e. The summed E-state index contributed by atoms with van der Waals surface area (Å²) >= 11 is 0. The number of benzene rings is 1. The number of rotatable bonds is 4. The lowest BCUT2D eigenvalue weighted by Crippen LogP contribution is -2.33. The Hall–Kier alpha value is -1.00. The molecule has 0 aliphatic carbocycles. The first-order chi connectivity index (χ1) is 8.54. The lowest BCUT2D eigenvalue weighted by atomic mass is 9.90. The van der Waals surface area contributed by atoms with E-state index in [1.54, 1.807) is 0 Å². The predicted molar refractivity (Wildman–Crippen MR) is 68.3 cm³/mol. The van der Waals surface area contributed by atoms with Gasteiger partial charge in [0.15, 0.2) is 0 Å². The zero-order valence-electron chi connectivity index (χ0n) is 11.0. The molecule has 1 heterocycles. The van der Waals surface area contributed by atoms with Crippen LogP contribution in [0.2, 0.25) is 0 Å². The first-order valence-corrected chi connectivity index (χ1v) is 6.34. The number of nitrogens with one attached hydrogen (secondary N) is 1. The van der Waals surface area contributed by atoms with Crippen LogP contribution in [0.3, 0.4) is 0 Å². The zero-order valence-corrected chi connectivity index (χ0v) is 11.0. The molecule has 0 bridgehead atoms. The fourth-order valence-corrected chi connectivity index (χ4v) is 2.74. The Morgan fingerprint density at radius 3 is 2.61 bits per heavy atom. The van der Waals surface area contributed by atoms with Gasteiger partial charge in [-0.2, -0.15) is 0 Å². The van der Waals surface area contributed by atoms with Gasteiger partial charge in [-0.1, -0.05) is 13.0 Å². The molecule has 18 heavy (non-hydrogen) atoms. The van der Waals surface area contributed by atoms with Gasteiger partial charge >= 0.3 is 0 Å². The van der Waals surface area contributed by atoms with Crippen LogP contribution in [-0.4, -0.2) is 31.6 Å². The van der Waals surface area contributed by atoms with Crippen molar-refractivity contribution in [2.24, 2.45) is 5.41 Å². The maximum atomic E-state index is 13.6. The van der Waals surface area contributed by atoms with Crippen molar-refractivity contribution in [1.29, 1.82) is 0 Å². The topological polar surface area (TPSA) is 15.3 Å². The van der Waals surface area contributed by atoms with Crippen LogP contribution in [0.15, 0.2) is 18.2 Å². The average molecular weight is 254 g/mol. The normalized spacial score (nSPS) is 24.7. The van der Waals surface area contributed by atoms with Gasteiger partial charge in [-0.3, -0.25) is 4.90 Å². The Bertz CT molecular complexity index is 402. The lowest BCUT2D eigenvalue weighted by molar-refractivity contribution is 0.260. The maximum Gasteiger partial charge on any atom is 0.130 e. The van der Waals surface area contributed by atoms with Crippen molar-refractivity contribution < 1.29 is 8.78 Å². The molecule has 2 nitrogen and oxygen atoms in total. The van der Waals surface area contributed by atoms with Gasteiger partial charge in [-0.05, 0) is 37.6 Å². The van der Waals surface area contributed by atoms with Gasteiger partial charge in [0.2, 0.25) is 0 Å². The number of halogens is 2. The van der Waals surface area contributed by atoms with Crippen molar-refractivity contribution in [3.63, 3.8) is 0 Å². The lowest BCUT2D eigenvalue weighted by Gasteiger charge is -2.24. The summed E-state index contributed by atoms with van der Waals surface area (Å²) in [6.07, 6.45) is 1.06.